The molecule has 3 aromatic heterocycles. The van der Waals surface area contributed by atoms with Crippen molar-refractivity contribution < 1.29 is 9.59 Å². The van der Waals surface area contributed by atoms with Crippen LogP contribution in [0.4, 0.5) is 5.13 Å². The fraction of sp³-hybridized carbons (Fsp3) is 0.0667. The van der Waals surface area contributed by atoms with Crippen LogP contribution in [0.15, 0.2) is 42.2 Å². The summed E-state index contributed by atoms with van der Waals surface area (Å²) in [6.07, 6.45) is 4.92. The van der Waals surface area contributed by atoms with E-state index in [9.17, 15) is 9.59 Å². The van der Waals surface area contributed by atoms with E-state index in [4.69, 9.17) is 0 Å². The normalized spacial score (nSPS) is 10.4. The molecule has 7 heteroatoms. The van der Waals surface area contributed by atoms with Crippen molar-refractivity contribution in [2.24, 2.45) is 0 Å². The molecule has 6 nitrogen and oxygen atoms in total. The molecular weight excluding hydrogens is 300 g/mol. The summed E-state index contributed by atoms with van der Waals surface area (Å²) in [4.78, 5) is 34.5. The number of ketones is 1. The summed E-state index contributed by atoms with van der Waals surface area (Å²) in [6.45, 7) is 1.45. The van der Waals surface area contributed by atoms with Crippen LogP contribution in [-0.4, -0.2) is 26.6 Å². The molecule has 110 valence electrons. The first-order valence-corrected chi connectivity index (χ1v) is 7.38. The molecule has 3 aromatic rings. The maximum atomic E-state index is 12.1. The maximum absolute atomic E-state index is 12.1. The lowest BCUT2D eigenvalue weighted by molar-refractivity contribution is 0.101. The molecule has 0 atom stereocenters. The molecule has 2 N–H and O–H groups in total. The highest BCUT2D eigenvalue weighted by Gasteiger charge is 2.13. The van der Waals surface area contributed by atoms with Gasteiger partial charge in [-0.25, -0.2) is 4.98 Å². The van der Waals surface area contributed by atoms with Gasteiger partial charge in [0.15, 0.2) is 10.9 Å². The molecule has 0 aliphatic heterocycles. The Morgan fingerprint density at radius 2 is 2.23 bits per heavy atom. The van der Waals surface area contributed by atoms with E-state index >= 15 is 0 Å². The van der Waals surface area contributed by atoms with Crippen molar-refractivity contribution in [3.8, 4) is 11.3 Å². The van der Waals surface area contributed by atoms with E-state index in [1.165, 1.54) is 30.5 Å². The maximum Gasteiger partial charge on any atom is 0.273 e. The lowest BCUT2D eigenvalue weighted by Gasteiger charge is -1.98. The van der Waals surface area contributed by atoms with Gasteiger partial charge in [0, 0.05) is 35.1 Å². The quantitative estimate of drug-likeness (QED) is 0.725. The van der Waals surface area contributed by atoms with E-state index in [2.05, 4.69) is 20.3 Å². The predicted octanol–water partition coefficient (Wildman–Crippen LogP) is 2.99. The van der Waals surface area contributed by atoms with Crippen LogP contribution in [0.3, 0.4) is 0 Å². The third kappa shape index (κ3) is 2.94. The van der Waals surface area contributed by atoms with Crippen molar-refractivity contribution in [1.82, 2.24) is 15.0 Å². The number of Topliss-reactive ketones (excluding diaryl/α,β-unsaturated/α-hetero) is 1. The number of carbonyl (C=O) groups is 2. The summed E-state index contributed by atoms with van der Waals surface area (Å²) in [5, 5.41) is 5.04. The summed E-state index contributed by atoms with van der Waals surface area (Å²) in [7, 11) is 0. The number of anilines is 1. The molecule has 3 rings (SSSR count). The van der Waals surface area contributed by atoms with Gasteiger partial charge in [0.2, 0.25) is 0 Å². The highest BCUT2D eigenvalue weighted by atomic mass is 32.1. The van der Waals surface area contributed by atoms with Crippen LogP contribution in [0.2, 0.25) is 0 Å². The molecule has 22 heavy (non-hydrogen) atoms. The molecule has 0 spiro atoms. The Balaban J connectivity index is 1.74. The van der Waals surface area contributed by atoms with Gasteiger partial charge < -0.3 is 4.98 Å². The van der Waals surface area contributed by atoms with Crippen LogP contribution < -0.4 is 5.32 Å². The molecule has 0 radical (unpaired) electrons. The lowest BCUT2D eigenvalue weighted by Crippen LogP contribution is -2.12. The van der Waals surface area contributed by atoms with E-state index in [-0.39, 0.29) is 11.7 Å². The van der Waals surface area contributed by atoms with E-state index in [0.29, 0.717) is 16.4 Å². The minimum absolute atomic E-state index is 0.0941. The molecule has 3 heterocycles. The van der Waals surface area contributed by atoms with Crippen molar-refractivity contribution in [3.05, 3.63) is 53.4 Å². The van der Waals surface area contributed by atoms with Crippen LogP contribution >= 0.6 is 11.3 Å². The number of hydrogen-bond acceptors (Lipinski definition) is 5. The van der Waals surface area contributed by atoms with Crippen LogP contribution in [0.5, 0.6) is 0 Å². The van der Waals surface area contributed by atoms with Gasteiger partial charge in [-0.15, -0.1) is 11.3 Å². The zero-order valence-corrected chi connectivity index (χ0v) is 12.5. The van der Waals surface area contributed by atoms with Crippen molar-refractivity contribution in [2.45, 2.75) is 6.92 Å². The predicted molar refractivity (Wildman–Crippen MR) is 84.1 cm³/mol. The third-order valence-electron chi connectivity index (χ3n) is 3.02. The molecule has 0 bridgehead atoms. The van der Waals surface area contributed by atoms with Crippen molar-refractivity contribution >= 4 is 28.2 Å². The van der Waals surface area contributed by atoms with Crippen molar-refractivity contribution in [2.75, 3.05) is 5.32 Å². The Labute approximate surface area is 130 Å². The molecular formula is C15H12N4O2S. The fourth-order valence-electron chi connectivity index (χ4n) is 1.87. The average Bonchev–Trinajstić information content (AvgIpc) is 3.17. The Morgan fingerprint density at radius 3 is 2.91 bits per heavy atom. The molecule has 0 saturated carbocycles. The summed E-state index contributed by atoms with van der Waals surface area (Å²) >= 11 is 1.33. The number of pyridine rings is 1. The van der Waals surface area contributed by atoms with E-state index in [1.807, 2.05) is 17.5 Å². The molecule has 0 fully saturated rings. The van der Waals surface area contributed by atoms with E-state index in [0.717, 1.165) is 11.3 Å². The summed E-state index contributed by atoms with van der Waals surface area (Å²) in [5.74, 6) is -0.428. The van der Waals surface area contributed by atoms with Gasteiger partial charge in [-0.1, -0.05) is 0 Å². The van der Waals surface area contributed by atoms with Gasteiger partial charge in [-0.05, 0) is 25.1 Å². The van der Waals surface area contributed by atoms with Crippen molar-refractivity contribution in [1.29, 1.82) is 0 Å². The SMILES string of the molecule is CC(=O)c1c[nH]c(C(=O)Nc2nc(-c3cccnc3)cs2)c1. The van der Waals surface area contributed by atoms with Gasteiger partial charge in [0.05, 0.1) is 5.69 Å². The number of nitrogens with one attached hydrogen (secondary N) is 2. The number of hydrogen-bond donors (Lipinski definition) is 2. The Kier molecular flexibility index (Phi) is 3.80. The Bertz CT molecular complexity index is 823. The highest BCUT2D eigenvalue weighted by molar-refractivity contribution is 7.14. The minimum atomic E-state index is -0.334. The minimum Gasteiger partial charge on any atom is -0.356 e. The number of amides is 1. The average molecular weight is 312 g/mol. The Hall–Kier alpha value is -2.80. The van der Waals surface area contributed by atoms with Gasteiger partial charge in [0.25, 0.3) is 5.91 Å². The monoisotopic (exact) mass is 312 g/mol. The number of nitrogens with zero attached hydrogens (tertiary/aromatic N) is 2. The van der Waals surface area contributed by atoms with Crippen molar-refractivity contribution in [3.63, 3.8) is 0 Å². The number of thiazole rings is 1. The molecule has 0 aromatic carbocycles. The standard InChI is InChI=1S/C15H12N4O2S/c1-9(20)11-5-12(17-7-11)14(21)19-15-18-13(8-22-15)10-3-2-4-16-6-10/h2-8,17H,1H3,(H,18,19,21). The molecule has 1 amide bonds. The number of rotatable bonds is 4. The first kappa shape index (κ1) is 14.2. The largest absolute Gasteiger partial charge is 0.356 e. The molecule has 0 aliphatic carbocycles. The van der Waals surface area contributed by atoms with Gasteiger partial charge in [-0.3, -0.25) is 19.9 Å². The highest BCUT2D eigenvalue weighted by Crippen LogP contribution is 2.24. The fourth-order valence-corrected chi connectivity index (χ4v) is 2.59. The molecule has 0 unspecified atom stereocenters. The molecule has 0 aliphatic rings. The second kappa shape index (κ2) is 5.90. The second-order valence-electron chi connectivity index (χ2n) is 4.59. The summed E-state index contributed by atoms with van der Waals surface area (Å²) in [5.41, 5.74) is 2.44. The number of H-pyrrole nitrogens is 1. The summed E-state index contributed by atoms with van der Waals surface area (Å²) < 4.78 is 0. The van der Waals surface area contributed by atoms with E-state index < -0.39 is 0 Å². The number of aromatic nitrogens is 3. The van der Waals surface area contributed by atoms with Gasteiger partial charge in [-0.2, -0.15) is 0 Å². The topological polar surface area (TPSA) is 87.7 Å². The third-order valence-corrected chi connectivity index (χ3v) is 3.77. The lowest BCUT2D eigenvalue weighted by atomic mass is 10.2. The Morgan fingerprint density at radius 1 is 1.36 bits per heavy atom. The van der Waals surface area contributed by atoms with E-state index in [1.54, 1.807) is 12.4 Å². The first-order chi connectivity index (χ1) is 10.6. The van der Waals surface area contributed by atoms with Crippen LogP contribution in [0.25, 0.3) is 11.3 Å². The molecule has 0 saturated heterocycles. The first-order valence-electron chi connectivity index (χ1n) is 6.50. The van der Waals surface area contributed by atoms with Crippen LogP contribution in [0, 0.1) is 0 Å². The van der Waals surface area contributed by atoms with Crippen LogP contribution in [0.1, 0.15) is 27.8 Å². The van der Waals surface area contributed by atoms with Gasteiger partial charge >= 0.3 is 0 Å². The van der Waals surface area contributed by atoms with Crippen LogP contribution in [-0.2, 0) is 0 Å². The smallest absolute Gasteiger partial charge is 0.273 e. The zero-order valence-electron chi connectivity index (χ0n) is 11.7. The summed E-state index contributed by atoms with van der Waals surface area (Å²) in [6, 6.07) is 5.25. The van der Waals surface area contributed by atoms with Gasteiger partial charge in [0.1, 0.15) is 5.69 Å². The zero-order chi connectivity index (χ0) is 15.5. The second-order valence-corrected chi connectivity index (χ2v) is 5.45. The number of carbonyl (C=O) groups excluding carboxylic acids is 2. The number of aromatic amines is 1.